The number of rotatable bonds is 3. The molecule has 150 valence electrons. The lowest BCUT2D eigenvalue weighted by Crippen LogP contribution is -2.54. The Bertz CT molecular complexity index is 818. The molecule has 3 N–H and O–H groups in total. The molecule has 1 aromatic carbocycles. The van der Waals surface area contributed by atoms with Crippen LogP contribution in [0.25, 0.3) is 0 Å². The number of hydrogen-bond donors (Lipinski definition) is 3. The van der Waals surface area contributed by atoms with Crippen LogP contribution in [0.5, 0.6) is 5.75 Å². The first kappa shape index (κ1) is 18.5. The molecule has 2 amide bonds. The molecule has 0 aromatic heterocycles. The highest BCUT2D eigenvalue weighted by Crippen LogP contribution is 2.43. The molecule has 4 rings (SSSR count). The van der Waals surface area contributed by atoms with Crippen molar-refractivity contribution in [3.05, 3.63) is 18.2 Å². The summed E-state index contributed by atoms with van der Waals surface area (Å²) in [5, 5.41) is 21.8. The Morgan fingerprint density at radius 3 is 2.57 bits per heavy atom. The number of benzene rings is 1. The van der Waals surface area contributed by atoms with E-state index in [1.165, 1.54) is 0 Å². The second-order valence-electron chi connectivity index (χ2n) is 7.46. The van der Waals surface area contributed by atoms with E-state index in [0.717, 1.165) is 11.4 Å². The number of nitrogens with one attached hydrogen (secondary N) is 1. The Morgan fingerprint density at radius 2 is 1.89 bits per heavy atom. The smallest absolute Gasteiger partial charge is 0.335 e. The molecule has 3 aliphatic rings. The zero-order valence-corrected chi connectivity index (χ0v) is 15.4. The molecule has 0 bridgehead atoms. The molecule has 2 saturated heterocycles. The summed E-state index contributed by atoms with van der Waals surface area (Å²) < 4.78 is 5.92. The van der Waals surface area contributed by atoms with Gasteiger partial charge in [0.25, 0.3) is 0 Å². The summed E-state index contributed by atoms with van der Waals surface area (Å²) in [6, 6.07) is 5.24. The summed E-state index contributed by atoms with van der Waals surface area (Å²) in [4.78, 5) is 39.0. The summed E-state index contributed by atoms with van der Waals surface area (Å²) in [6.45, 7) is 1.73. The maximum atomic E-state index is 12.3. The van der Waals surface area contributed by atoms with Crippen molar-refractivity contribution in [2.24, 2.45) is 0 Å². The number of ether oxygens (including phenoxy) is 1. The number of aliphatic carboxylic acids is 1. The molecule has 0 spiro atoms. The first-order valence-corrected chi connectivity index (χ1v) is 9.46. The SMILES string of the molecule is O=C1CCC(N2CCOc3c(N4CCC(O)(C(=O)O)CC4)cccc32)C(=O)N1. The van der Waals surface area contributed by atoms with Crippen molar-refractivity contribution in [2.75, 3.05) is 36.0 Å². The highest BCUT2D eigenvalue weighted by atomic mass is 16.5. The maximum Gasteiger partial charge on any atom is 0.335 e. The Hall–Kier alpha value is -2.81. The zero-order valence-electron chi connectivity index (χ0n) is 15.4. The van der Waals surface area contributed by atoms with Crippen LogP contribution in [0, 0.1) is 0 Å². The van der Waals surface area contributed by atoms with Crippen LogP contribution in [-0.2, 0) is 14.4 Å². The van der Waals surface area contributed by atoms with Crippen molar-refractivity contribution in [2.45, 2.75) is 37.3 Å². The molecule has 2 fully saturated rings. The number of aliphatic hydroxyl groups is 1. The molecule has 9 nitrogen and oxygen atoms in total. The lowest BCUT2D eigenvalue weighted by molar-refractivity contribution is -0.160. The van der Waals surface area contributed by atoms with Crippen LogP contribution in [0.4, 0.5) is 11.4 Å². The first-order valence-electron chi connectivity index (χ1n) is 9.46. The third kappa shape index (κ3) is 3.15. The maximum absolute atomic E-state index is 12.3. The summed E-state index contributed by atoms with van der Waals surface area (Å²) in [6.07, 6.45) is 1.03. The summed E-state index contributed by atoms with van der Waals surface area (Å²) in [5.41, 5.74) is -0.0791. The van der Waals surface area contributed by atoms with Gasteiger partial charge in [-0.2, -0.15) is 0 Å². The molecular weight excluding hydrogens is 366 g/mol. The lowest BCUT2D eigenvalue weighted by atomic mass is 9.91. The number of hydrogen-bond acceptors (Lipinski definition) is 7. The van der Waals surface area contributed by atoms with Gasteiger partial charge in [0.05, 0.1) is 17.9 Å². The predicted octanol–water partition coefficient (Wildman–Crippen LogP) is 0.107. The Kier molecular flexibility index (Phi) is 4.62. The molecule has 9 heteroatoms. The van der Waals surface area contributed by atoms with E-state index in [2.05, 4.69) is 5.32 Å². The molecule has 3 heterocycles. The summed E-state index contributed by atoms with van der Waals surface area (Å²) in [7, 11) is 0. The van der Waals surface area contributed by atoms with Gasteiger partial charge in [-0.3, -0.25) is 14.9 Å². The average Bonchev–Trinajstić information content (AvgIpc) is 2.68. The fourth-order valence-corrected chi connectivity index (χ4v) is 4.14. The Labute approximate surface area is 161 Å². The number of nitrogens with zero attached hydrogens (tertiary/aromatic N) is 2. The van der Waals surface area contributed by atoms with E-state index < -0.39 is 17.6 Å². The molecular formula is C19H23N3O6. The minimum atomic E-state index is -1.69. The zero-order chi connectivity index (χ0) is 19.9. The van der Waals surface area contributed by atoms with Crippen molar-refractivity contribution in [3.63, 3.8) is 0 Å². The number of carbonyl (C=O) groups is 3. The standard InChI is InChI=1S/C19H23N3O6/c23-15-5-4-14(17(24)20-15)22-10-11-28-16-12(2-1-3-13(16)22)21-8-6-19(27,7-9-21)18(25)26/h1-3,14,27H,4-11H2,(H,25,26)(H,20,23,24). The van der Waals surface area contributed by atoms with Gasteiger partial charge in [0.1, 0.15) is 12.6 Å². The quantitative estimate of drug-likeness (QED) is 0.623. The molecule has 0 saturated carbocycles. The number of amides is 2. The molecule has 28 heavy (non-hydrogen) atoms. The number of fused-ring (bicyclic) bond motifs is 1. The van der Waals surface area contributed by atoms with Gasteiger partial charge in [-0.25, -0.2) is 4.79 Å². The minimum absolute atomic E-state index is 0.128. The van der Waals surface area contributed by atoms with Crippen molar-refractivity contribution in [3.8, 4) is 5.75 Å². The summed E-state index contributed by atoms with van der Waals surface area (Å²) in [5.74, 6) is -1.08. The minimum Gasteiger partial charge on any atom is -0.487 e. The highest BCUT2D eigenvalue weighted by Gasteiger charge is 2.41. The second kappa shape index (κ2) is 6.97. The van der Waals surface area contributed by atoms with Gasteiger partial charge in [-0.05, 0) is 18.6 Å². The van der Waals surface area contributed by atoms with E-state index in [-0.39, 0.29) is 24.7 Å². The molecule has 1 aromatic rings. The van der Waals surface area contributed by atoms with Crippen molar-refractivity contribution < 1.29 is 29.3 Å². The summed E-state index contributed by atoms with van der Waals surface area (Å²) >= 11 is 0. The van der Waals surface area contributed by atoms with Crippen LogP contribution in [0.2, 0.25) is 0 Å². The second-order valence-corrected chi connectivity index (χ2v) is 7.46. The molecule has 0 aliphatic carbocycles. The number of imide groups is 1. The van der Waals surface area contributed by atoms with Crippen LogP contribution in [0.1, 0.15) is 25.7 Å². The monoisotopic (exact) mass is 389 g/mol. The van der Waals surface area contributed by atoms with Gasteiger partial charge >= 0.3 is 5.97 Å². The van der Waals surface area contributed by atoms with E-state index in [1.807, 2.05) is 28.0 Å². The number of carboxylic acids is 1. The number of para-hydroxylation sites is 1. The fraction of sp³-hybridized carbons (Fsp3) is 0.526. The van der Waals surface area contributed by atoms with E-state index >= 15 is 0 Å². The van der Waals surface area contributed by atoms with Gasteiger partial charge < -0.3 is 24.7 Å². The third-order valence-corrected chi connectivity index (χ3v) is 5.78. The fourth-order valence-electron chi connectivity index (χ4n) is 4.14. The van der Waals surface area contributed by atoms with Gasteiger partial charge in [-0.1, -0.05) is 6.07 Å². The van der Waals surface area contributed by atoms with E-state index in [0.29, 0.717) is 44.8 Å². The normalized spacial score (nSPS) is 24.2. The molecule has 1 unspecified atom stereocenters. The largest absolute Gasteiger partial charge is 0.487 e. The van der Waals surface area contributed by atoms with Crippen LogP contribution in [0.15, 0.2) is 18.2 Å². The van der Waals surface area contributed by atoms with Gasteiger partial charge in [0, 0.05) is 32.4 Å². The van der Waals surface area contributed by atoms with Crippen LogP contribution in [0.3, 0.4) is 0 Å². The van der Waals surface area contributed by atoms with Crippen LogP contribution in [-0.4, -0.2) is 65.9 Å². The first-order chi connectivity index (χ1) is 13.4. The van der Waals surface area contributed by atoms with Crippen LogP contribution >= 0.6 is 0 Å². The lowest BCUT2D eigenvalue weighted by Gasteiger charge is -2.41. The Morgan fingerprint density at radius 1 is 1.18 bits per heavy atom. The number of piperidine rings is 2. The Balaban J connectivity index is 1.59. The van der Waals surface area contributed by atoms with E-state index in [9.17, 15) is 24.6 Å². The van der Waals surface area contributed by atoms with E-state index in [1.54, 1.807) is 0 Å². The third-order valence-electron chi connectivity index (χ3n) is 5.78. The number of carbonyl (C=O) groups excluding carboxylic acids is 2. The molecule has 1 atom stereocenters. The van der Waals surface area contributed by atoms with Crippen molar-refractivity contribution in [1.29, 1.82) is 0 Å². The topological polar surface area (TPSA) is 119 Å². The van der Waals surface area contributed by atoms with Crippen molar-refractivity contribution in [1.82, 2.24) is 5.32 Å². The number of anilines is 2. The van der Waals surface area contributed by atoms with Gasteiger partial charge in [-0.15, -0.1) is 0 Å². The van der Waals surface area contributed by atoms with Gasteiger partial charge in [0.15, 0.2) is 11.4 Å². The van der Waals surface area contributed by atoms with Gasteiger partial charge in [0.2, 0.25) is 11.8 Å². The van der Waals surface area contributed by atoms with Crippen LogP contribution < -0.4 is 19.9 Å². The number of carboxylic acid groups (broad SMARTS) is 1. The average molecular weight is 389 g/mol. The molecule has 3 aliphatic heterocycles. The van der Waals surface area contributed by atoms with E-state index in [4.69, 9.17) is 4.74 Å². The molecule has 0 radical (unpaired) electrons. The highest BCUT2D eigenvalue weighted by molar-refractivity contribution is 6.02. The predicted molar refractivity (Wildman–Crippen MR) is 99.5 cm³/mol. The van der Waals surface area contributed by atoms with Crippen molar-refractivity contribution >= 4 is 29.2 Å².